The number of hydrogen-bond acceptors (Lipinski definition) is 5. The van der Waals surface area contributed by atoms with Crippen molar-refractivity contribution in [1.29, 1.82) is 5.26 Å². The SMILES string of the molecule is COC(=O)c1ccc(N2CCOC(C)C2)cc1C#N. The molecule has 2 rings (SSSR count). The summed E-state index contributed by atoms with van der Waals surface area (Å²) in [6, 6.07) is 7.25. The molecule has 0 spiro atoms. The van der Waals surface area contributed by atoms with Crippen molar-refractivity contribution in [2.75, 3.05) is 31.7 Å². The Kier molecular flexibility index (Phi) is 4.03. The number of methoxy groups -OCH3 is 1. The lowest BCUT2D eigenvalue weighted by Crippen LogP contribution is -2.41. The van der Waals surface area contributed by atoms with Crippen LogP contribution in [0.1, 0.15) is 22.8 Å². The Bertz CT molecular complexity index is 522. The number of nitriles is 1. The molecule has 0 aliphatic carbocycles. The lowest BCUT2D eigenvalue weighted by atomic mass is 10.1. The summed E-state index contributed by atoms with van der Waals surface area (Å²) in [5.41, 5.74) is 1.57. The van der Waals surface area contributed by atoms with Crippen LogP contribution in [0.25, 0.3) is 0 Å². The predicted octanol–water partition coefficient (Wildman–Crippen LogP) is 1.57. The number of benzene rings is 1. The summed E-state index contributed by atoms with van der Waals surface area (Å²) >= 11 is 0. The number of rotatable bonds is 2. The van der Waals surface area contributed by atoms with Crippen LogP contribution < -0.4 is 4.90 Å². The summed E-state index contributed by atoms with van der Waals surface area (Å²) in [5.74, 6) is -0.488. The molecular formula is C14H16N2O3. The average Bonchev–Trinajstić information content (AvgIpc) is 2.45. The Morgan fingerprint density at radius 2 is 2.37 bits per heavy atom. The molecule has 1 fully saturated rings. The van der Waals surface area contributed by atoms with Crippen molar-refractivity contribution >= 4 is 11.7 Å². The van der Waals surface area contributed by atoms with Crippen LogP contribution >= 0.6 is 0 Å². The zero-order valence-electron chi connectivity index (χ0n) is 11.0. The molecule has 1 atom stereocenters. The molecule has 0 aromatic heterocycles. The van der Waals surface area contributed by atoms with Crippen molar-refractivity contribution in [3.63, 3.8) is 0 Å². The first-order valence-electron chi connectivity index (χ1n) is 6.14. The van der Waals surface area contributed by atoms with Gasteiger partial charge in [0.2, 0.25) is 0 Å². The van der Waals surface area contributed by atoms with E-state index in [1.54, 1.807) is 12.1 Å². The second-order valence-electron chi connectivity index (χ2n) is 4.46. The molecule has 1 unspecified atom stereocenters. The number of esters is 1. The monoisotopic (exact) mass is 260 g/mol. The largest absolute Gasteiger partial charge is 0.465 e. The molecular weight excluding hydrogens is 244 g/mol. The summed E-state index contributed by atoms with van der Waals surface area (Å²) in [6.07, 6.45) is 0.166. The second kappa shape index (κ2) is 5.72. The van der Waals surface area contributed by atoms with Gasteiger partial charge >= 0.3 is 5.97 Å². The van der Waals surface area contributed by atoms with Crippen molar-refractivity contribution in [2.45, 2.75) is 13.0 Å². The first-order chi connectivity index (χ1) is 9.15. The number of carbonyl (C=O) groups excluding carboxylic acids is 1. The molecule has 0 radical (unpaired) electrons. The minimum Gasteiger partial charge on any atom is -0.465 e. The third kappa shape index (κ3) is 2.85. The summed E-state index contributed by atoms with van der Waals surface area (Å²) in [5, 5.41) is 9.14. The minimum atomic E-state index is -0.488. The number of nitrogens with zero attached hydrogens (tertiary/aromatic N) is 2. The predicted molar refractivity (Wildman–Crippen MR) is 70.1 cm³/mol. The summed E-state index contributed by atoms with van der Waals surface area (Å²) in [4.78, 5) is 13.7. The van der Waals surface area contributed by atoms with E-state index in [9.17, 15) is 4.79 Å². The molecule has 1 aromatic rings. The maximum absolute atomic E-state index is 11.5. The van der Waals surface area contributed by atoms with Crippen molar-refractivity contribution in [2.24, 2.45) is 0 Å². The van der Waals surface area contributed by atoms with E-state index in [1.807, 2.05) is 19.1 Å². The Morgan fingerprint density at radius 3 is 3.00 bits per heavy atom. The molecule has 0 bridgehead atoms. The van der Waals surface area contributed by atoms with Gasteiger partial charge < -0.3 is 14.4 Å². The van der Waals surface area contributed by atoms with Gasteiger partial charge in [0.05, 0.1) is 30.9 Å². The fourth-order valence-corrected chi connectivity index (χ4v) is 2.16. The van der Waals surface area contributed by atoms with Crippen LogP contribution in [-0.2, 0) is 9.47 Å². The van der Waals surface area contributed by atoms with Gasteiger partial charge in [0.15, 0.2) is 0 Å². The molecule has 0 amide bonds. The van der Waals surface area contributed by atoms with E-state index in [4.69, 9.17) is 10.00 Å². The number of morpholine rings is 1. The average molecular weight is 260 g/mol. The van der Waals surface area contributed by atoms with Gasteiger partial charge in [-0.1, -0.05) is 0 Å². The molecule has 19 heavy (non-hydrogen) atoms. The summed E-state index contributed by atoms with van der Waals surface area (Å²) in [7, 11) is 1.31. The number of anilines is 1. The van der Waals surface area contributed by atoms with Crippen LogP contribution in [0.15, 0.2) is 18.2 Å². The molecule has 1 saturated heterocycles. The molecule has 1 aliphatic heterocycles. The van der Waals surface area contributed by atoms with E-state index in [1.165, 1.54) is 7.11 Å². The molecule has 5 heteroatoms. The van der Waals surface area contributed by atoms with E-state index < -0.39 is 5.97 Å². The minimum absolute atomic E-state index is 0.166. The molecule has 1 heterocycles. The Hall–Kier alpha value is -2.06. The molecule has 0 saturated carbocycles. The Balaban J connectivity index is 2.29. The Labute approximate surface area is 112 Å². The first kappa shape index (κ1) is 13.4. The number of hydrogen-bond donors (Lipinski definition) is 0. The maximum Gasteiger partial charge on any atom is 0.339 e. The van der Waals surface area contributed by atoms with Crippen molar-refractivity contribution in [3.8, 4) is 6.07 Å². The van der Waals surface area contributed by atoms with Crippen molar-refractivity contribution in [3.05, 3.63) is 29.3 Å². The third-order valence-electron chi connectivity index (χ3n) is 3.14. The van der Waals surface area contributed by atoms with Crippen LogP contribution in [0.3, 0.4) is 0 Å². The van der Waals surface area contributed by atoms with E-state index in [-0.39, 0.29) is 6.10 Å². The highest BCUT2D eigenvalue weighted by Gasteiger charge is 2.19. The summed E-state index contributed by atoms with van der Waals surface area (Å²) in [6.45, 7) is 4.25. The highest BCUT2D eigenvalue weighted by atomic mass is 16.5. The lowest BCUT2D eigenvalue weighted by Gasteiger charge is -2.33. The fourth-order valence-electron chi connectivity index (χ4n) is 2.16. The molecule has 0 N–H and O–H groups in total. The Morgan fingerprint density at radius 1 is 1.58 bits per heavy atom. The lowest BCUT2D eigenvalue weighted by molar-refractivity contribution is 0.0531. The van der Waals surface area contributed by atoms with Gasteiger partial charge in [0, 0.05) is 18.8 Å². The van der Waals surface area contributed by atoms with Crippen molar-refractivity contribution < 1.29 is 14.3 Å². The number of carbonyl (C=O) groups is 1. The highest BCUT2D eigenvalue weighted by Crippen LogP contribution is 2.22. The van der Waals surface area contributed by atoms with E-state index >= 15 is 0 Å². The molecule has 100 valence electrons. The van der Waals surface area contributed by atoms with E-state index in [0.717, 1.165) is 18.8 Å². The molecule has 1 aromatic carbocycles. The molecule has 1 aliphatic rings. The zero-order chi connectivity index (χ0) is 13.8. The van der Waals surface area contributed by atoms with Crippen LogP contribution in [0, 0.1) is 11.3 Å². The van der Waals surface area contributed by atoms with Gasteiger partial charge in [0.25, 0.3) is 0 Å². The van der Waals surface area contributed by atoms with Crippen molar-refractivity contribution in [1.82, 2.24) is 0 Å². The van der Waals surface area contributed by atoms with Gasteiger partial charge in [-0.3, -0.25) is 0 Å². The zero-order valence-corrected chi connectivity index (χ0v) is 11.0. The third-order valence-corrected chi connectivity index (χ3v) is 3.14. The highest BCUT2D eigenvalue weighted by molar-refractivity contribution is 5.92. The standard InChI is InChI=1S/C14H16N2O3/c1-10-9-16(5-6-19-10)12-3-4-13(14(17)18-2)11(7-12)8-15/h3-4,7,10H,5-6,9H2,1-2H3. The summed E-state index contributed by atoms with van der Waals surface area (Å²) < 4.78 is 10.1. The molecule has 5 nitrogen and oxygen atoms in total. The van der Waals surface area contributed by atoms with Gasteiger partial charge in [-0.2, -0.15) is 5.26 Å². The van der Waals surface area contributed by atoms with Gasteiger partial charge in [-0.25, -0.2) is 4.79 Å². The van der Waals surface area contributed by atoms with Crippen LogP contribution in [-0.4, -0.2) is 38.9 Å². The maximum atomic E-state index is 11.5. The smallest absolute Gasteiger partial charge is 0.339 e. The topological polar surface area (TPSA) is 62.6 Å². The van der Waals surface area contributed by atoms with E-state index in [2.05, 4.69) is 9.64 Å². The second-order valence-corrected chi connectivity index (χ2v) is 4.46. The van der Waals surface area contributed by atoms with Crippen LogP contribution in [0.5, 0.6) is 0 Å². The van der Waals surface area contributed by atoms with Crippen LogP contribution in [0.4, 0.5) is 5.69 Å². The van der Waals surface area contributed by atoms with Crippen LogP contribution in [0.2, 0.25) is 0 Å². The first-order valence-corrected chi connectivity index (χ1v) is 6.14. The van der Waals surface area contributed by atoms with Gasteiger partial charge in [-0.15, -0.1) is 0 Å². The fraction of sp³-hybridized carbons (Fsp3) is 0.429. The normalized spacial score (nSPS) is 18.8. The van der Waals surface area contributed by atoms with E-state index in [0.29, 0.717) is 17.7 Å². The van der Waals surface area contributed by atoms with Gasteiger partial charge in [0.1, 0.15) is 6.07 Å². The number of ether oxygens (including phenoxy) is 2. The quantitative estimate of drug-likeness (QED) is 0.755. The van der Waals surface area contributed by atoms with Gasteiger partial charge in [-0.05, 0) is 25.1 Å².